The van der Waals surface area contributed by atoms with Crippen LogP contribution in [0, 0.1) is 0 Å². The number of amides is 1. The van der Waals surface area contributed by atoms with Crippen LogP contribution in [-0.2, 0) is 0 Å². The first-order chi connectivity index (χ1) is 6.86. The van der Waals surface area contributed by atoms with Crippen LogP contribution in [0.25, 0.3) is 0 Å². The van der Waals surface area contributed by atoms with E-state index in [-0.39, 0.29) is 6.04 Å². The molecule has 4 N–H and O–H groups in total. The molecule has 1 aromatic rings. The second kappa shape index (κ2) is 3.96. The van der Waals surface area contributed by atoms with Gasteiger partial charge in [-0.2, -0.15) is 0 Å². The summed E-state index contributed by atoms with van der Waals surface area (Å²) in [6, 6.07) is 0.183. The Hall–Kier alpha value is -1.45. The van der Waals surface area contributed by atoms with E-state index in [4.69, 9.17) is 11.5 Å². The van der Waals surface area contributed by atoms with Crippen molar-refractivity contribution in [3.05, 3.63) is 17.5 Å². The maximum absolute atomic E-state index is 11.3. The number of nitrogens with two attached hydrogens (primary N) is 2. The lowest BCUT2D eigenvalue weighted by Gasteiger charge is -2.10. The molecule has 0 atom stereocenters. The van der Waals surface area contributed by atoms with Crippen molar-refractivity contribution in [2.75, 3.05) is 5.73 Å². The lowest BCUT2D eigenvalue weighted by molar-refractivity contribution is 0.0991. The molecule has 1 aromatic heterocycles. The number of carbonyl (C=O) groups is 1. The third-order valence-electron chi connectivity index (χ3n) is 2.51. The average Bonchev–Trinajstić information content (AvgIpc) is 2.42. The minimum Gasteiger partial charge on any atom is -0.397 e. The van der Waals surface area contributed by atoms with Gasteiger partial charge in [0.05, 0.1) is 5.69 Å². The van der Waals surface area contributed by atoms with Crippen molar-refractivity contribution in [3.63, 3.8) is 0 Å². The Morgan fingerprint density at radius 3 is 2.13 bits per heavy atom. The number of anilines is 1. The van der Waals surface area contributed by atoms with Gasteiger partial charge < -0.3 is 16.0 Å². The van der Waals surface area contributed by atoms with Gasteiger partial charge in [0.2, 0.25) is 0 Å². The maximum atomic E-state index is 11.3. The van der Waals surface area contributed by atoms with E-state index in [0.717, 1.165) is 5.56 Å². The summed E-state index contributed by atoms with van der Waals surface area (Å²) in [5.41, 5.74) is 13.2. The van der Waals surface area contributed by atoms with Gasteiger partial charge in [-0.15, -0.1) is 0 Å². The van der Waals surface area contributed by atoms with Crippen molar-refractivity contribution in [2.24, 2.45) is 5.73 Å². The predicted octanol–water partition coefficient (Wildman–Crippen LogP) is 1.87. The molecule has 0 unspecified atom stereocenters. The van der Waals surface area contributed by atoms with Crippen molar-refractivity contribution >= 4 is 11.6 Å². The number of hydrogen-bond acceptors (Lipinski definition) is 2. The number of nitrogens with zero attached hydrogens (tertiary/aromatic N) is 1. The maximum Gasteiger partial charge on any atom is 0.267 e. The van der Waals surface area contributed by atoms with Crippen LogP contribution in [0.1, 0.15) is 55.7 Å². The van der Waals surface area contributed by atoms with Crippen molar-refractivity contribution in [1.82, 2.24) is 4.57 Å². The van der Waals surface area contributed by atoms with Gasteiger partial charge in [-0.3, -0.25) is 4.79 Å². The first-order valence-corrected chi connectivity index (χ1v) is 5.16. The summed E-state index contributed by atoms with van der Waals surface area (Å²) < 4.78 is 1.84. The molecule has 0 aliphatic carbocycles. The van der Waals surface area contributed by atoms with Gasteiger partial charge in [-0.1, -0.05) is 13.8 Å². The van der Waals surface area contributed by atoms with Gasteiger partial charge >= 0.3 is 0 Å². The fraction of sp³-hybridized carbons (Fsp3) is 0.545. The normalized spacial score (nSPS) is 11.3. The summed E-state index contributed by atoms with van der Waals surface area (Å²) in [6.07, 6.45) is 1.92. The molecule has 0 bridgehead atoms. The van der Waals surface area contributed by atoms with Gasteiger partial charge in [-0.25, -0.2) is 0 Å². The Kier molecular flexibility index (Phi) is 3.07. The number of rotatable bonds is 3. The number of aromatic nitrogens is 1. The van der Waals surface area contributed by atoms with Crippen molar-refractivity contribution < 1.29 is 4.79 Å². The van der Waals surface area contributed by atoms with Gasteiger partial charge in [-0.05, 0) is 25.3 Å². The molecule has 1 rings (SSSR count). The number of hydrogen-bond donors (Lipinski definition) is 2. The minimum absolute atomic E-state index is 0.183. The van der Waals surface area contributed by atoms with Crippen molar-refractivity contribution in [3.8, 4) is 0 Å². The molecule has 0 aliphatic heterocycles. The number of carbonyl (C=O) groups excluding carboxylic acids is 1. The average molecular weight is 209 g/mol. The Labute approximate surface area is 90.2 Å². The Morgan fingerprint density at radius 2 is 1.87 bits per heavy atom. The molecule has 0 aliphatic rings. The zero-order chi connectivity index (χ0) is 11.7. The zero-order valence-corrected chi connectivity index (χ0v) is 9.74. The third kappa shape index (κ3) is 1.98. The Morgan fingerprint density at radius 1 is 1.33 bits per heavy atom. The first-order valence-electron chi connectivity index (χ1n) is 5.16. The van der Waals surface area contributed by atoms with Gasteiger partial charge in [0.1, 0.15) is 5.69 Å². The Bertz CT molecular complexity index is 377. The molecular formula is C11H19N3O. The topological polar surface area (TPSA) is 74.0 Å². The molecule has 1 amide bonds. The molecule has 0 fully saturated rings. The smallest absolute Gasteiger partial charge is 0.267 e. The standard InChI is InChI=1S/C11H19N3O/c1-6(2)8-5-14(7(3)4)10(9(8)12)11(13)15/h5-7H,12H2,1-4H3,(H2,13,15). The quantitative estimate of drug-likeness (QED) is 0.797. The first kappa shape index (κ1) is 11.6. The molecule has 84 valence electrons. The van der Waals surface area contributed by atoms with Crippen LogP contribution >= 0.6 is 0 Å². The van der Waals surface area contributed by atoms with E-state index < -0.39 is 5.91 Å². The summed E-state index contributed by atoms with van der Waals surface area (Å²) in [5, 5.41) is 0. The Balaban J connectivity index is 3.39. The number of primary amides is 1. The molecule has 15 heavy (non-hydrogen) atoms. The fourth-order valence-corrected chi connectivity index (χ4v) is 1.69. The molecule has 4 heteroatoms. The predicted molar refractivity (Wildman–Crippen MR) is 61.8 cm³/mol. The molecule has 1 heterocycles. The van der Waals surface area contributed by atoms with E-state index in [1.54, 1.807) is 0 Å². The fourth-order valence-electron chi connectivity index (χ4n) is 1.69. The molecular weight excluding hydrogens is 190 g/mol. The van der Waals surface area contributed by atoms with Crippen molar-refractivity contribution in [1.29, 1.82) is 0 Å². The molecule has 0 saturated carbocycles. The molecule has 0 aromatic carbocycles. The monoisotopic (exact) mass is 209 g/mol. The van der Waals surface area contributed by atoms with E-state index in [1.165, 1.54) is 0 Å². The van der Waals surface area contributed by atoms with E-state index in [9.17, 15) is 4.79 Å². The molecule has 0 radical (unpaired) electrons. The van der Waals surface area contributed by atoms with Crippen LogP contribution in [0.15, 0.2) is 6.20 Å². The second-order valence-corrected chi connectivity index (χ2v) is 4.37. The van der Waals surface area contributed by atoms with Gasteiger partial charge in [0, 0.05) is 12.2 Å². The highest BCUT2D eigenvalue weighted by Gasteiger charge is 2.20. The van der Waals surface area contributed by atoms with Crippen LogP contribution in [0.3, 0.4) is 0 Å². The van der Waals surface area contributed by atoms with Gasteiger partial charge in [0.25, 0.3) is 5.91 Å². The third-order valence-corrected chi connectivity index (χ3v) is 2.51. The lowest BCUT2D eigenvalue weighted by Crippen LogP contribution is -2.19. The highest BCUT2D eigenvalue weighted by atomic mass is 16.1. The van der Waals surface area contributed by atoms with E-state index in [0.29, 0.717) is 17.3 Å². The highest BCUT2D eigenvalue weighted by Crippen LogP contribution is 2.29. The van der Waals surface area contributed by atoms with Gasteiger partial charge in [0.15, 0.2) is 0 Å². The largest absolute Gasteiger partial charge is 0.397 e. The number of nitrogen functional groups attached to an aromatic ring is 1. The molecule has 0 saturated heterocycles. The van der Waals surface area contributed by atoms with Crippen LogP contribution in [0.2, 0.25) is 0 Å². The SMILES string of the molecule is CC(C)c1cn(C(C)C)c(C(N)=O)c1N. The van der Waals surface area contributed by atoms with Crippen molar-refractivity contribution in [2.45, 2.75) is 39.7 Å². The van der Waals surface area contributed by atoms with E-state index in [1.807, 2.05) is 38.5 Å². The van der Waals surface area contributed by atoms with Crippen LogP contribution in [-0.4, -0.2) is 10.5 Å². The van der Waals surface area contributed by atoms with E-state index >= 15 is 0 Å². The summed E-state index contributed by atoms with van der Waals surface area (Å²) in [4.78, 5) is 11.3. The summed E-state index contributed by atoms with van der Waals surface area (Å²) in [5.74, 6) is -0.170. The minimum atomic E-state index is -0.465. The zero-order valence-electron chi connectivity index (χ0n) is 9.74. The van der Waals surface area contributed by atoms with E-state index in [2.05, 4.69) is 0 Å². The van der Waals surface area contributed by atoms with Crippen LogP contribution < -0.4 is 11.5 Å². The van der Waals surface area contributed by atoms with Crippen LogP contribution in [0.4, 0.5) is 5.69 Å². The lowest BCUT2D eigenvalue weighted by atomic mass is 10.1. The molecule has 4 nitrogen and oxygen atoms in total. The summed E-state index contributed by atoms with van der Waals surface area (Å²) in [7, 11) is 0. The second-order valence-electron chi connectivity index (χ2n) is 4.37. The summed E-state index contributed by atoms with van der Waals surface area (Å²) in [6.45, 7) is 8.08. The summed E-state index contributed by atoms with van der Waals surface area (Å²) >= 11 is 0. The highest BCUT2D eigenvalue weighted by molar-refractivity contribution is 5.97. The van der Waals surface area contributed by atoms with Crippen LogP contribution in [0.5, 0.6) is 0 Å². The molecule has 0 spiro atoms.